The van der Waals surface area contributed by atoms with Gasteiger partial charge in [0, 0.05) is 12.5 Å². The number of hydrogen-bond acceptors (Lipinski definition) is 3. The van der Waals surface area contributed by atoms with Crippen molar-refractivity contribution in [1.82, 2.24) is 15.5 Å². The van der Waals surface area contributed by atoms with Gasteiger partial charge < -0.3 is 15.1 Å². The third-order valence-corrected chi connectivity index (χ3v) is 3.07. The molecule has 3 N–H and O–H groups in total. The minimum absolute atomic E-state index is 0.0676. The van der Waals surface area contributed by atoms with E-state index in [-0.39, 0.29) is 23.9 Å². The van der Waals surface area contributed by atoms with Crippen LogP contribution < -0.4 is 15.5 Å². The summed E-state index contributed by atoms with van der Waals surface area (Å²) in [5.74, 6) is -0.226. The molecular weight excluding hydrogens is 260 g/mol. The molecule has 0 unspecified atom stereocenters. The Labute approximate surface area is 119 Å². The molecule has 114 valence electrons. The molecule has 0 aromatic heterocycles. The highest BCUT2D eigenvalue weighted by molar-refractivity contribution is 5.94. The van der Waals surface area contributed by atoms with Crippen molar-refractivity contribution >= 4 is 17.8 Å². The highest BCUT2D eigenvalue weighted by atomic mass is 16.2. The Morgan fingerprint density at radius 2 is 1.70 bits per heavy atom. The van der Waals surface area contributed by atoms with Crippen LogP contribution in [0.2, 0.25) is 0 Å². The van der Waals surface area contributed by atoms with Gasteiger partial charge in [-0.3, -0.25) is 14.9 Å². The maximum Gasteiger partial charge on any atom is 0.322 e. The summed E-state index contributed by atoms with van der Waals surface area (Å²) in [6.45, 7) is 10.1. The molecule has 0 bridgehead atoms. The highest BCUT2D eigenvalue weighted by Gasteiger charge is 2.24. The molecule has 1 aliphatic rings. The van der Waals surface area contributed by atoms with E-state index in [1.54, 1.807) is 11.8 Å². The lowest BCUT2D eigenvalue weighted by Gasteiger charge is -2.31. The molecule has 4 amide bonds. The van der Waals surface area contributed by atoms with E-state index >= 15 is 0 Å². The zero-order chi connectivity index (χ0) is 15.3. The molecule has 0 aliphatic carbocycles. The monoisotopic (exact) mass is 285 g/mol. The summed E-state index contributed by atoms with van der Waals surface area (Å²) in [6.07, 6.45) is 0. The molecular formula is C13H25N4O3+. The van der Waals surface area contributed by atoms with Gasteiger partial charge in [0.15, 0.2) is 6.54 Å². The summed E-state index contributed by atoms with van der Waals surface area (Å²) in [4.78, 5) is 37.3. The van der Waals surface area contributed by atoms with E-state index in [9.17, 15) is 14.4 Å². The number of carbonyl (C=O) groups is 3. The smallest absolute Gasteiger partial charge is 0.322 e. The molecule has 0 saturated carbocycles. The summed E-state index contributed by atoms with van der Waals surface area (Å²) in [5.41, 5.74) is -0.371. The number of amides is 4. The van der Waals surface area contributed by atoms with Crippen LogP contribution >= 0.6 is 0 Å². The number of imide groups is 1. The lowest BCUT2D eigenvalue weighted by Crippen LogP contribution is -3.15. The second-order valence-corrected chi connectivity index (χ2v) is 6.19. The van der Waals surface area contributed by atoms with E-state index in [0.717, 1.165) is 18.0 Å². The molecule has 1 aliphatic heterocycles. The first-order valence-electron chi connectivity index (χ1n) is 6.88. The maximum absolute atomic E-state index is 11.7. The first-order chi connectivity index (χ1) is 9.17. The number of nitrogens with one attached hydrogen (secondary N) is 3. The molecule has 0 spiro atoms. The van der Waals surface area contributed by atoms with E-state index in [1.807, 2.05) is 20.8 Å². The van der Waals surface area contributed by atoms with Crippen molar-refractivity contribution in [2.45, 2.75) is 33.2 Å². The van der Waals surface area contributed by atoms with Crippen molar-refractivity contribution in [3.63, 3.8) is 0 Å². The summed E-state index contributed by atoms with van der Waals surface area (Å²) >= 11 is 0. The van der Waals surface area contributed by atoms with Gasteiger partial charge >= 0.3 is 6.03 Å². The third-order valence-electron chi connectivity index (χ3n) is 3.07. The van der Waals surface area contributed by atoms with Crippen molar-refractivity contribution in [3.8, 4) is 0 Å². The number of quaternary nitrogens is 1. The van der Waals surface area contributed by atoms with Gasteiger partial charge in [0.25, 0.3) is 5.91 Å². The van der Waals surface area contributed by atoms with Gasteiger partial charge in [-0.15, -0.1) is 0 Å². The molecule has 7 nitrogen and oxygen atoms in total. The highest BCUT2D eigenvalue weighted by Crippen LogP contribution is 1.97. The predicted octanol–water partition coefficient (Wildman–Crippen LogP) is -1.64. The van der Waals surface area contributed by atoms with Crippen LogP contribution in [0, 0.1) is 0 Å². The summed E-state index contributed by atoms with van der Waals surface area (Å²) in [5, 5.41) is 5.00. The van der Waals surface area contributed by atoms with Crippen LogP contribution in [0.25, 0.3) is 0 Å². The van der Waals surface area contributed by atoms with Crippen LogP contribution in [-0.4, -0.2) is 61.0 Å². The van der Waals surface area contributed by atoms with Crippen LogP contribution in [0.5, 0.6) is 0 Å². The van der Waals surface area contributed by atoms with E-state index in [0.29, 0.717) is 13.1 Å². The fraction of sp³-hybridized carbons (Fsp3) is 0.769. The summed E-state index contributed by atoms with van der Waals surface area (Å²) < 4.78 is 0. The molecule has 7 heteroatoms. The predicted molar refractivity (Wildman–Crippen MR) is 74.2 cm³/mol. The van der Waals surface area contributed by atoms with Crippen molar-refractivity contribution in [1.29, 1.82) is 0 Å². The molecule has 1 saturated heterocycles. The lowest BCUT2D eigenvalue weighted by atomic mass is 10.1. The number of piperazine rings is 1. The van der Waals surface area contributed by atoms with Gasteiger partial charge in [0.2, 0.25) is 5.91 Å². The zero-order valence-corrected chi connectivity index (χ0v) is 12.7. The standard InChI is InChI=1S/C13H24N4O3/c1-10(18)17-7-5-16(6-8-17)9-11(19)14-12(20)15-13(2,3)4/h5-9H2,1-4H3,(H2,14,15,19,20)/p+1. The van der Waals surface area contributed by atoms with Crippen LogP contribution in [0.4, 0.5) is 4.79 Å². The second-order valence-electron chi connectivity index (χ2n) is 6.19. The first kappa shape index (κ1) is 16.4. The lowest BCUT2D eigenvalue weighted by molar-refractivity contribution is -0.896. The van der Waals surface area contributed by atoms with Crippen molar-refractivity contribution in [2.75, 3.05) is 32.7 Å². The van der Waals surface area contributed by atoms with Gasteiger partial charge in [-0.25, -0.2) is 4.79 Å². The van der Waals surface area contributed by atoms with E-state index in [2.05, 4.69) is 10.6 Å². The van der Waals surface area contributed by atoms with Crippen molar-refractivity contribution < 1.29 is 19.3 Å². The molecule has 0 atom stereocenters. The van der Waals surface area contributed by atoms with Gasteiger partial charge in [0.05, 0.1) is 26.2 Å². The van der Waals surface area contributed by atoms with Crippen LogP contribution in [-0.2, 0) is 9.59 Å². The largest absolute Gasteiger partial charge is 0.333 e. The van der Waals surface area contributed by atoms with Gasteiger partial charge in [-0.1, -0.05) is 0 Å². The number of nitrogens with zero attached hydrogens (tertiary/aromatic N) is 1. The second kappa shape index (κ2) is 6.69. The van der Waals surface area contributed by atoms with Crippen LogP contribution in [0.1, 0.15) is 27.7 Å². The maximum atomic E-state index is 11.7. The Morgan fingerprint density at radius 3 is 2.15 bits per heavy atom. The topological polar surface area (TPSA) is 83.0 Å². The number of rotatable bonds is 2. The normalized spacial score (nSPS) is 16.7. The van der Waals surface area contributed by atoms with E-state index in [1.165, 1.54) is 0 Å². The molecule has 1 rings (SSSR count). The summed E-state index contributed by atoms with van der Waals surface area (Å²) in [6, 6.07) is -0.468. The quantitative estimate of drug-likeness (QED) is 0.569. The van der Waals surface area contributed by atoms with E-state index < -0.39 is 6.03 Å². The summed E-state index contributed by atoms with van der Waals surface area (Å²) in [7, 11) is 0. The Kier molecular flexibility index (Phi) is 5.50. The first-order valence-corrected chi connectivity index (χ1v) is 6.88. The number of carbonyl (C=O) groups excluding carboxylic acids is 3. The number of hydrogen-bond donors (Lipinski definition) is 3. The van der Waals surface area contributed by atoms with Crippen LogP contribution in [0.3, 0.4) is 0 Å². The van der Waals surface area contributed by atoms with Gasteiger partial charge in [-0.2, -0.15) is 0 Å². The minimum atomic E-state index is -0.468. The fourth-order valence-electron chi connectivity index (χ4n) is 2.08. The zero-order valence-electron chi connectivity index (χ0n) is 12.7. The SMILES string of the molecule is CC(=O)N1CC[NH+](CC(=O)NC(=O)NC(C)(C)C)CC1. The molecule has 20 heavy (non-hydrogen) atoms. The van der Waals surface area contributed by atoms with Crippen molar-refractivity contribution in [2.24, 2.45) is 0 Å². The third kappa shape index (κ3) is 6.01. The average molecular weight is 285 g/mol. The molecule has 1 heterocycles. The Hall–Kier alpha value is -1.63. The average Bonchev–Trinajstić information content (AvgIpc) is 2.26. The molecule has 0 aromatic rings. The molecule has 1 fully saturated rings. The number of urea groups is 1. The molecule has 0 aromatic carbocycles. The van der Waals surface area contributed by atoms with Gasteiger partial charge in [-0.05, 0) is 20.8 Å². The van der Waals surface area contributed by atoms with Crippen LogP contribution in [0.15, 0.2) is 0 Å². The fourth-order valence-corrected chi connectivity index (χ4v) is 2.08. The van der Waals surface area contributed by atoms with Crippen molar-refractivity contribution in [3.05, 3.63) is 0 Å². The Morgan fingerprint density at radius 1 is 1.15 bits per heavy atom. The van der Waals surface area contributed by atoms with Gasteiger partial charge in [0.1, 0.15) is 0 Å². The minimum Gasteiger partial charge on any atom is -0.333 e. The Bertz CT molecular complexity index is 382. The molecule has 0 radical (unpaired) electrons. The Balaban J connectivity index is 2.30. The van der Waals surface area contributed by atoms with E-state index in [4.69, 9.17) is 0 Å².